The van der Waals surface area contributed by atoms with Crippen LogP contribution < -0.4 is 16.4 Å². The van der Waals surface area contributed by atoms with Crippen LogP contribution in [0.15, 0.2) is 24.3 Å². The van der Waals surface area contributed by atoms with Crippen molar-refractivity contribution < 1.29 is 4.79 Å². The lowest BCUT2D eigenvalue weighted by molar-refractivity contribution is 0.0926. The molecule has 1 aromatic rings. The minimum atomic E-state index is 0.0111. The lowest BCUT2D eigenvalue weighted by Gasteiger charge is -2.27. The van der Waals surface area contributed by atoms with Gasteiger partial charge in [0.15, 0.2) is 0 Å². The van der Waals surface area contributed by atoms with Gasteiger partial charge >= 0.3 is 0 Å². The number of amides is 1. The summed E-state index contributed by atoms with van der Waals surface area (Å²) in [7, 11) is 0. The predicted molar refractivity (Wildman–Crippen MR) is 78.3 cm³/mol. The van der Waals surface area contributed by atoms with Crippen molar-refractivity contribution in [3.8, 4) is 0 Å². The standard InChI is InChI=1S/C15H23N3O/c1-2-17-14-6-4-3-5-13(14)15(19)18-12-9-7-11(16)8-10-12/h3-6,11-12,17H,2,7-10,16H2,1H3,(H,18,19). The van der Waals surface area contributed by atoms with E-state index in [-0.39, 0.29) is 11.9 Å². The van der Waals surface area contributed by atoms with Crippen LogP contribution in [0.3, 0.4) is 0 Å². The van der Waals surface area contributed by atoms with Crippen molar-refractivity contribution in [1.29, 1.82) is 0 Å². The summed E-state index contributed by atoms with van der Waals surface area (Å²) in [6.07, 6.45) is 3.96. The molecule has 0 radical (unpaired) electrons. The highest BCUT2D eigenvalue weighted by Crippen LogP contribution is 2.19. The van der Waals surface area contributed by atoms with Gasteiger partial charge in [0.2, 0.25) is 0 Å². The minimum Gasteiger partial charge on any atom is -0.385 e. The summed E-state index contributed by atoms with van der Waals surface area (Å²) >= 11 is 0. The molecule has 1 amide bonds. The van der Waals surface area contributed by atoms with Crippen molar-refractivity contribution in [1.82, 2.24) is 5.32 Å². The number of hydrogen-bond donors (Lipinski definition) is 3. The number of anilines is 1. The van der Waals surface area contributed by atoms with Gasteiger partial charge < -0.3 is 16.4 Å². The van der Waals surface area contributed by atoms with E-state index in [1.807, 2.05) is 31.2 Å². The van der Waals surface area contributed by atoms with Gasteiger partial charge in [0.1, 0.15) is 0 Å². The maximum Gasteiger partial charge on any atom is 0.253 e. The molecule has 4 N–H and O–H groups in total. The summed E-state index contributed by atoms with van der Waals surface area (Å²) in [4.78, 5) is 12.3. The fraction of sp³-hybridized carbons (Fsp3) is 0.533. The molecule has 104 valence electrons. The second kappa shape index (κ2) is 6.57. The molecular weight excluding hydrogens is 238 g/mol. The molecule has 0 saturated heterocycles. The first-order chi connectivity index (χ1) is 9.20. The van der Waals surface area contributed by atoms with Crippen LogP contribution in [0.4, 0.5) is 5.69 Å². The third-order valence-corrected chi connectivity index (χ3v) is 3.65. The Labute approximate surface area is 114 Å². The summed E-state index contributed by atoms with van der Waals surface area (Å²) < 4.78 is 0. The van der Waals surface area contributed by atoms with Crippen LogP contribution in [0.1, 0.15) is 43.0 Å². The first-order valence-corrected chi connectivity index (χ1v) is 7.10. The van der Waals surface area contributed by atoms with E-state index in [0.717, 1.165) is 43.5 Å². The maximum absolute atomic E-state index is 12.3. The number of carbonyl (C=O) groups excluding carboxylic acids is 1. The quantitative estimate of drug-likeness (QED) is 0.777. The molecule has 1 aliphatic rings. The van der Waals surface area contributed by atoms with Crippen molar-refractivity contribution in [2.24, 2.45) is 5.73 Å². The molecule has 0 heterocycles. The highest BCUT2D eigenvalue weighted by molar-refractivity contribution is 5.99. The number of nitrogens with two attached hydrogens (primary N) is 1. The topological polar surface area (TPSA) is 67.2 Å². The lowest BCUT2D eigenvalue weighted by Crippen LogP contribution is -2.40. The molecule has 2 rings (SSSR count). The molecule has 1 saturated carbocycles. The van der Waals surface area contributed by atoms with Gasteiger partial charge in [-0.1, -0.05) is 12.1 Å². The van der Waals surface area contributed by atoms with E-state index < -0.39 is 0 Å². The molecule has 0 aliphatic heterocycles. The molecule has 19 heavy (non-hydrogen) atoms. The van der Waals surface area contributed by atoms with E-state index in [1.165, 1.54) is 0 Å². The average molecular weight is 261 g/mol. The zero-order valence-corrected chi connectivity index (χ0v) is 11.5. The van der Waals surface area contributed by atoms with Gasteiger partial charge in [-0.15, -0.1) is 0 Å². The second-order valence-electron chi connectivity index (χ2n) is 5.16. The van der Waals surface area contributed by atoms with Crippen LogP contribution in [-0.2, 0) is 0 Å². The zero-order chi connectivity index (χ0) is 13.7. The molecule has 1 aromatic carbocycles. The molecule has 0 atom stereocenters. The van der Waals surface area contributed by atoms with Crippen LogP contribution >= 0.6 is 0 Å². The normalized spacial score (nSPS) is 22.8. The second-order valence-corrected chi connectivity index (χ2v) is 5.16. The Balaban J connectivity index is 1.99. The van der Waals surface area contributed by atoms with Crippen molar-refractivity contribution in [2.75, 3.05) is 11.9 Å². The largest absolute Gasteiger partial charge is 0.385 e. The lowest BCUT2D eigenvalue weighted by atomic mass is 9.91. The smallest absolute Gasteiger partial charge is 0.253 e. The number of rotatable bonds is 4. The van der Waals surface area contributed by atoms with Gasteiger partial charge in [0, 0.05) is 24.3 Å². The molecule has 0 aromatic heterocycles. The van der Waals surface area contributed by atoms with Crippen molar-refractivity contribution in [2.45, 2.75) is 44.7 Å². The van der Waals surface area contributed by atoms with Crippen molar-refractivity contribution in [3.63, 3.8) is 0 Å². The zero-order valence-electron chi connectivity index (χ0n) is 11.5. The van der Waals surface area contributed by atoms with Crippen LogP contribution in [0, 0.1) is 0 Å². The molecule has 1 aliphatic carbocycles. The summed E-state index contributed by atoms with van der Waals surface area (Å²) in [6.45, 7) is 2.83. The summed E-state index contributed by atoms with van der Waals surface area (Å²) in [5.41, 5.74) is 7.50. The van der Waals surface area contributed by atoms with Crippen LogP contribution in [0.2, 0.25) is 0 Å². The number of nitrogens with one attached hydrogen (secondary N) is 2. The number of carbonyl (C=O) groups is 1. The van der Waals surface area contributed by atoms with E-state index in [4.69, 9.17) is 5.73 Å². The number of benzene rings is 1. The third kappa shape index (κ3) is 3.70. The van der Waals surface area contributed by atoms with Crippen molar-refractivity contribution in [3.05, 3.63) is 29.8 Å². The number of para-hydroxylation sites is 1. The molecule has 0 bridgehead atoms. The van der Waals surface area contributed by atoms with E-state index in [9.17, 15) is 4.79 Å². The van der Waals surface area contributed by atoms with E-state index in [1.54, 1.807) is 0 Å². The Morgan fingerprint density at radius 3 is 2.63 bits per heavy atom. The van der Waals surface area contributed by atoms with E-state index >= 15 is 0 Å². The van der Waals surface area contributed by atoms with Crippen LogP contribution in [0.5, 0.6) is 0 Å². The van der Waals surface area contributed by atoms with E-state index in [0.29, 0.717) is 6.04 Å². The summed E-state index contributed by atoms with van der Waals surface area (Å²) in [5.74, 6) is 0.0111. The van der Waals surface area contributed by atoms with Crippen LogP contribution in [-0.4, -0.2) is 24.5 Å². The Morgan fingerprint density at radius 1 is 1.26 bits per heavy atom. The van der Waals surface area contributed by atoms with Gasteiger partial charge in [-0.05, 0) is 44.7 Å². The molecule has 4 nitrogen and oxygen atoms in total. The SMILES string of the molecule is CCNc1ccccc1C(=O)NC1CCC(N)CC1. The summed E-state index contributed by atoms with van der Waals surface area (Å²) in [6, 6.07) is 8.21. The Hall–Kier alpha value is -1.55. The van der Waals surface area contributed by atoms with Crippen LogP contribution in [0.25, 0.3) is 0 Å². The molecule has 1 fully saturated rings. The minimum absolute atomic E-state index is 0.0111. The van der Waals surface area contributed by atoms with Gasteiger partial charge in [-0.25, -0.2) is 0 Å². The fourth-order valence-electron chi connectivity index (χ4n) is 2.55. The highest BCUT2D eigenvalue weighted by Gasteiger charge is 2.21. The summed E-state index contributed by atoms with van der Waals surface area (Å²) in [5, 5.41) is 6.34. The van der Waals surface area contributed by atoms with Gasteiger partial charge in [-0.2, -0.15) is 0 Å². The third-order valence-electron chi connectivity index (χ3n) is 3.65. The molecule has 0 unspecified atom stereocenters. The fourth-order valence-corrected chi connectivity index (χ4v) is 2.55. The van der Waals surface area contributed by atoms with Crippen molar-refractivity contribution >= 4 is 11.6 Å². The molecule has 0 spiro atoms. The molecular formula is C15H23N3O. The first kappa shape index (κ1) is 13.9. The van der Waals surface area contributed by atoms with E-state index in [2.05, 4.69) is 10.6 Å². The Bertz CT molecular complexity index is 425. The van der Waals surface area contributed by atoms with Gasteiger partial charge in [0.25, 0.3) is 5.91 Å². The molecule has 4 heteroatoms. The number of hydrogen-bond acceptors (Lipinski definition) is 3. The first-order valence-electron chi connectivity index (χ1n) is 7.10. The predicted octanol–water partition coefficient (Wildman–Crippen LogP) is 2.12. The van der Waals surface area contributed by atoms with Gasteiger partial charge in [-0.3, -0.25) is 4.79 Å². The Morgan fingerprint density at radius 2 is 1.95 bits per heavy atom. The highest BCUT2D eigenvalue weighted by atomic mass is 16.1. The monoisotopic (exact) mass is 261 g/mol. The van der Waals surface area contributed by atoms with Gasteiger partial charge in [0.05, 0.1) is 5.56 Å². The maximum atomic E-state index is 12.3. The Kier molecular flexibility index (Phi) is 4.80. The average Bonchev–Trinajstić information content (AvgIpc) is 2.42.